The van der Waals surface area contributed by atoms with E-state index >= 15 is 0 Å². The average Bonchev–Trinajstić information content (AvgIpc) is 3.01. The first-order valence-electron chi connectivity index (χ1n) is 6.53. The van der Waals surface area contributed by atoms with Crippen LogP contribution < -0.4 is 5.73 Å². The van der Waals surface area contributed by atoms with E-state index in [1.807, 2.05) is 54.6 Å². The SMILES string of the molecule is Cn1ccnc1Cn1ccnc1Cc1cccc(N)c1. The molecule has 5 nitrogen and oxygen atoms in total. The molecule has 0 aliphatic rings. The molecule has 102 valence electrons. The number of nitrogen functional groups attached to an aromatic ring is 1. The summed E-state index contributed by atoms with van der Waals surface area (Å²) in [6.45, 7) is 0.723. The number of aryl methyl sites for hydroxylation is 1. The molecule has 0 atom stereocenters. The quantitative estimate of drug-likeness (QED) is 0.734. The second kappa shape index (κ2) is 5.21. The summed E-state index contributed by atoms with van der Waals surface area (Å²) in [6.07, 6.45) is 8.33. The lowest BCUT2D eigenvalue weighted by atomic mass is 10.1. The first-order valence-corrected chi connectivity index (χ1v) is 6.53. The molecule has 0 aliphatic carbocycles. The minimum Gasteiger partial charge on any atom is -0.399 e. The second-order valence-electron chi connectivity index (χ2n) is 4.85. The summed E-state index contributed by atoms with van der Waals surface area (Å²) in [4.78, 5) is 8.78. The molecule has 1 aromatic carbocycles. The maximum atomic E-state index is 5.81. The average molecular weight is 267 g/mol. The van der Waals surface area contributed by atoms with Crippen molar-refractivity contribution in [3.63, 3.8) is 0 Å². The normalized spacial score (nSPS) is 10.8. The van der Waals surface area contributed by atoms with E-state index in [2.05, 4.69) is 20.6 Å². The fourth-order valence-corrected chi connectivity index (χ4v) is 2.24. The van der Waals surface area contributed by atoms with Crippen LogP contribution in [0.2, 0.25) is 0 Å². The number of nitrogens with zero attached hydrogens (tertiary/aromatic N) is 4. The topological polar surface area (TPSA) is 61.7 Å². The van der Waals surface area contributed by atoms with E-state index in [9.17, 15) is 0 Å². The van der Waals surface area contributed by atoms with E-state index in [4.69, 9.17) is 5.73 Å². The third-order valence-electron chi connectivity index (χ3n) is 3.35. The number of hydrogen-bond donors (Lipinski definition) is 1. The molecule has 0 unspecified atom stereocenters. The summed E-state index contributed by atoms with van der Waals surface area (Å²) >= 11 is 0. The van der Waals surface area contributed by atoms with E-state index in [1.54, 1.807) is 0 Å². The maximum absolute atomic E-state index is 5.81. The molecule has 2 heterocycles. The predicted octanol–water partition coefficient (Wildman–Crippen LogP) is 1.84. The lowest BCUT2D eigenvalue weighted by Gasteiger charge is -2.08. The van der Waals surface area contributed by atoms with Crippen LogP contribution in [0.15, 0.2) is 49.1 Å². The van der Waals surface area contributed by atoms with Gasteiger partial charge in [0, 0.05) is 43.9 Å². The Bertz CT molecular complexity index is 710. The Morgan fingerprint density at radius 3 is 2.65 bits per heavy atom. The molecule has 0 saturated heterocycles. The van der Waals surface area contributed by atoms with Gasteiger partial charge in [0.2, 0.25) is 0 Å². The molecule has 2 N–H and O–H groups in total. The van der Waals surface area contributed by atoms with Gasteiger partial charge in [-0.05, 0) is 17.7 Å². The zero-order valence-corrected chi connectivity index (χ0v) is 11.4. The standard InChI is InChI=1S/C15H17N5/c1-19-7-5-18-15(19)11-20-8-6-17-14(20)10-12-3-2-4-13(16)9-12/h2-9H,10-11,16H2,1H3. The first kappa shape index (κ1) is 12.5. The van der Waals surface area contributed by atoms with Crippen LogP contribution in [0.5, 0.6) is 0 Å². The smallest absolute Gasteiger partial charge is 0.128 e. The molecule has 0 radical (unpaired) electrons. The fraction of sp³-hybridized carbons (Fsp3) is 0.200. The molecule has 0 bridgehead atoms. The molecule has 0 saturated carbocycles. The first-order chi connectivity index (χ1) is 9.72. The molecule has 3 rings (SSSR count). The lowest BCUT2D eigenvalue weighted by molar-refractivity contribution is 0.671. The Balaban J connectivity index is 1.82. The maximum Gasteiger partial charge on any atom is 0.128 e. The minimum atomic E-state index is 0.723. The van der Waals surface area contributed by atoms with Crippen LogP contribution in [0.4, 0.5) is 5.69 Å². The van der Waals surface area contributed by atoms with Crippen molar-refractivity contribution in [3.8, 4) is 0 Å². The van der Waals surface area contributed by atoms with Gasteiger partial charge < -0.3 is 14.9 Å². The number of benzene rings is 1. The van der Waals surface area contributed by atoms with Gasteiger partial charge in [0.1, 0.15) is 11.6 Å². The van der Waals surface area contributed by atoms with Gasteiger partial charge in [-0.15, -0.1) is 0 Å². The zero-order chi connectivity index (χ0) is 13.9. The van der Waals surface area contributed by atoms with E-state index in [0.29, 0.717) is 0 Å². The highest BCUT2D eigenvalue weighted by molar-refractivity contribution is 5.41. The largest absolute Gasteiger partial charge is 0.399 e. The Labute approximate surface area is 117 Å². The minimum absolute atomic E-state index is 0.723. The lowest BCUT2D eigenvalue weighted by Crippen LogP contribution is -2.09. The number of hydrogen-bond acceptors (Lipinski definition) is 3. The third kappa shape index (κ3) is 2.56. The van der Waals surface area contributed by atoms with Crippen LogP contribution in [-0.2, 0) is 20.0 Å². The number of aromatic nitrogens is 4. The summed E-state index contributed by atoms with van der Waals surface area (Å²) in [5.41, 5.74) is 7.76. The number of imidazole rings is 2. The van der Waals surface area contributed by atoms with Crippen LogP contribution in [0.25, 0.3) is 0 Å². The van der Waals surface area contributed by atoms with Gasteiger partial charge >= 0.3 is 0 Å². The van der Waals surface area contributed by atoms with Crippen LogP contribution in [-0.4, -0.2) is 19.1 Å². The Kier molecular flexibility index (Phi) is 3.25. The van der Waals surface area contributed by atoms with Crippen molar-refractivity contribution in [2.24, 2.45) is 7.05 Å². The van der Waals surface area contributed by atoms with E-state index in [-0.39, 0.29) is 0 Å². The van der Waals surface area contributed by atoms with Crippen molar-refractivity contribution in [2.75, 3.05) is 5.73 Å². The Morgan fingerprint density at radius 1 is 1.10 bits per heavy atom. The van der Waals surface area contributed by atoms with Crippen molar-refractivity contribution in [1.82, 2.24) is 19.1 Å². The van der Waals surface area contributed by atoms with Crippen LogP contribution in [0.3, 0.4) is 0 Å². The van der Waals surface area contributed by atoms with Gasteiger partial charge in [0.25, 0.3) is 0 Å². The van der Waals surface area contributed by atoms with E-state index in [0.717, 1.165) is 35.9 Å². The fourth-order valence-electron chi connectivity index (χ4n) is 2.24. The highest BCUT2D eigenvalue weighted by Crippen LogP contribution is 2.12. The molecule has 0 amide bonds. The Morgan fingerprint density at radius 2 is 1.90 bits per heavy atom. The predicted molar refractivity (Wildman–Crippen MR) is 78.2 cm³/mol. The van der Waals surface area contributed by atoms with Crippen LogP contribution in [0, 0.1) is 0 Å². The van der Waals surface area contributed by atoms with Gasteiger partial charge in [-0.25, -0.2) is 9.97 Å². The summed E-state index contributed by atoms with van der Waals surface area (Å²) in [6, 6.07) is 7.91. The van der Waals surface area contributed by atoms with Gasteiger partial charge in [0.05, 0.1) is 6.54 Å². The van der Waals surface area contributed by atoms with Crippen molar-refractivity contribution >= 4 is 5.69 Å². The van der Waals surface area contributed by atoms with Crippen molar-refractivity contribution in [1.29, 1.82) is 0 Å². The van der Waals surface area contributed by atoms with Crippen molar-refractivity contribution in [2.45, 2.75) is 13.0 Å². The molecule has 2 aromatic heterocycles. The number of rotatable bonds is 4. The van der Waals surface area contributed by atoms with Crippen molar-refractivity contribution in [3.05, 3.63) is 66.3 Å². The van der Waals surface area contributed by atoms with Gasteiger partial charge in [-0.3, -0.25) is 0 Å². The summed E-state index contributed by atoms with van der Waals surface area (Å²) in [5, 5.41) is 0. The van der Waals surface area contributed by atoms with Gasteiger partial charge in [0.15, 0.2) is 0 Å². The van der Waals surface area contributed by atoms with E-state index < -0.39 is 0 Å². The Hall–Kier alpha value is -2.56. The molecule has 0 aliphatic heterocycles. The van der Waals surface area contributed by atoms with Gasteiger partial charge in [-0.1, -0.05) is 12.1 Å². The molecule has 5 heteroatoms. The molecule has 20 heavy (non-hydrogen) atoms. The molecular weight excluding hydrogens is 250 g/mol. The summed E-state index contributed by atoms with van der Waals surface area (Å²) in [7, 11) is 2.00. The molecule has 0 spiro atoms. The highest BCUT2D eigenvalue weighted by atomic mass is 15.1. The number of nitrogens with two attached hydrogens (primary N) is 1. The van der Waals surface area contributed by atoms with Crippen LogP contribution >= 0.6 is 0 Å². The third-order valence-corrected chi connectivity index (χ3v) is 3.35. The summed E-state index contributed by atoms with van der Waals surface area (Å²) in [5.74, 6) is 2.02. The molecule has 0 fully saturated rings. The van der Waals surface area contributed by atoms with Crippen LogP contribution in [0.1, 0.15) is 17.2 Å². The monoisotopic (exact) mass is 267 g/mol. The molecule has 3 aromatic rings. The summed E-state index contributed by atoms with van der Waals surface area (Å²) < 4.78 is 4.13. The van der Waals surface area contributed by atoms with E-state index in [1.165, 1.54) is 0 Å². The second-order valence-corrected chi connectivity index (χ2v) is 4.85. The van der Waals surface area contributed by atoms with Gasteiger partial charge in [-0.2, -0.15) is 0 Å². The molecular formula is C15H17N5. The zero-order valence-electron chi connectivity index (χ0n) is 11.4. The van der Waals surface area contributed by atoms with Crippen molar-refractivity contribution < 1.29 is 0 Å². The highest BCUT2D eigenvalue weighted by Gasteiger charge is 2.07. The number of anilines is 1.